The standard InChI is InChI=1S/C23H35NO4.C18H28O3.C6H11NO2/c1-22(2,3)17-14-16(15-18(21(17)27)23(4,5)6)9-10-20(26)28-13-12-24-11-7-8-19(24)25;1-17(2,3)13-10-12(8-9-15(19)21-7)11-14(16(13)20)18(4,5)6;8-5-4-7-3-1-2-6(7)9/h14-15,27H,7-13H2,1-6H3;10-11,20H,8-9H2,1-7H3;8H,1-5H2. The van der Waals surface area contributed by atoms with E-state index in [0.717, 1.165) is 59.3 Å². The molecule has 2 aliphatic rings. The molecule has 11 nitrogen and oxygen atoms in total. The second-order valence-corrected chi connectivity index (χ2v) is 19.6. The molecule has 2 heterocycles. The minimum Gasteiger partial charge on any atom is -0.507 e. The number of benzene rings is 2. The van der Waals surface area contributed by atoms with Crippen molar-refractivity contribution in [1.82, 2.24) is 9.80 Å². The number of aromatic hydroxyl groups is 2. The van der Waals surface area contributed by atoms with Gasteiger partial charge in [0.2, 0.25) is 11.8 Å². The number of phenols is 2. The van der Waals surface area contributed by atoms with Crippen molar-refractivity contribution in [3.63, 3.8) is 0 Å². The molecule has 58 heavy (non-hydrogen) atoms. The van der Waals surface area contributed by atoms with E-state index in [0.29, 0.717) is 56.7 Å². The smallest absolute Gasteiger partial charge is 0.306 e. The van der Waals surface area contributed by atoms with Crippen molar-refractivity contribution in [2.24, 2.45) is 0 Å². The van der Waals surface area contributed by atoms with Crippen LogP contribution in [0.1, 0.15) is 155 Å². The lowest BCUT2D eigenvalue weighted by Gasteiger charge is -2.28. The lowest BCUT2D eigenvalue weighted by atomic mass is 9.78. The molecule has 0 aliphatic carbocycles. The third kappa shape index (κ3) is 15.6. The van der Waals surface area contributed by atoms with Gasteiger partial charge in [0.1, 0.15) is 18.1 Å². The van der Waals surface area contributed by atoms with Crippen LogP contribution in [0.25, 0.3) is 0 Å². The molecule has 0 aromatic heterocycles. The molecule has 0 bridgehead atoms. The van der Waals surface area contributed by atoms with E-state index in [1.165, 1.54) is 7.11 Å². The number of hydrogen-bond acceptors (Lipinski definition) is 9. The third-order valence-electron chi connectivity index (χ3n) is 10.4. The van der Waals surface area contributed by atoms with Crippen molar-refractivity contribution >= 4 is 23.8 Å². The average molecular weight is 811 g/mol. The van der Waals surface area contributed by atoms with Gasteiger partial charge in [-0.2, -0.15) is 0 Å². The molecule has 2 fully saturated rings. The monoisotopic (exact) mass is 811 g/mol. The number of aliphatic hydroxyl groups is 1. The van der Waals surface area contributed by atoms with Crippen LogP contribution in [0.4, 0.5) is 0 Å². The van der Waals surface area contributed by atoms with Gasteiger partial charge in [0.05, 0.1) is 20.3 Å². The molecule has 2 saturated heterocycles. The number of aliphatic hydroxyl groups excluding tert-OH is 1. The van der Waals surface area contributed by atoms with E-state index in [4.69, 9.17) is 14.6 Å². The molecule has 326 valence electrons. The van der Waals surface area contributed by atoms with Crippen LogP contribution in [-0.4, -0.2) is 95.4 Å². The molecular weight excluding hydrogens is 737 g/mol. The summed E-state index contributed by atoms with van der Waals surface area (Å²) in [5.74, 6) is 0.582. The van der Waals surface area contributed by atoms with Crippen LogP contribution in [0.2, 0.25) is 0 Å². The van der Waals surface area contributed by atoms with E-state index in [-0.39, 0.29) is 65.0 Å². The highest BCUT2D eigenvalue weighted by molar-refractivity contribution is 5.78. The van der Waals surface area contributed by atoms with Crippen molar-refractivity contribution in [3.05, 3.63) is 57.6 Å². The molecule has 2 amide bonds. The molecule has 0 unspecified atom stereocenters. The predicted molar refractivity (Wildman–Crippen MR) is 229 cm³/mol. The summed E-state index contributed by atoms with van der Waals surface area (Å²) in [6.07, 6.45) is 4.94. The van der Waals surface area contributed by atoms with Crippen molar-refractivity contribution in [1.29, 1.82) is 0 Å². The highest BCUT2D eigenvalue weighted by Crippen LogP contribution is 2.41. The number of hydrogen-bond donors (Lipinski definition) is 3. The third-order valence-corrected chi connectivity index (χ3v) is 10.4. The second-order valence-electron chi connectivity index (χ2n) is 19.6. The minimum atomic E-state index is -0.255. The number of amides is 2. The lowest BCUT2D eigenvalue weighted by molar-refractivity contribution is -0.145. The molecule has 0 radical (unpaired) electrons. The van der Waals surface area contributed by atoms with Gasteiger partial charge in [-0.3, -0.25) is 19.2 Å². The number of carbonyl (C=O) groups excluding carboxylic acids is 4. The maximum atomic E-state index is 12.1. The summed E-state index contributed by atoms with van der Waals surface area (Å²) in [6.45, 7) is 27.9. The van der Waals surface area contributed by atoms with Crippen molar-refractivity contribution in [2.75, 3.05) is 46.5 Å². The Morgan fingerprint density at radius 1 is 0.603 bits per heavy atom. The van der Waals surface area contributed by atoms with Gasteiger partial charge in [0.25, 0.3) is 0 Å². The van der Waals surface area contributed by atoms with Crippen LogP contribution in [0.15, 0.2) is 24.3 Å². The molecule has 0 saturated carbocycles. The normalized spacial score (nSPS) is 14.8. The zero-order valence-electron chi connectivity index (χ0n) is 37.9. The Morgan fingerprint density at radius 2 is 0.948 bits per heavy atom. The first-order chi connectivity index (χ1) is 26.7. The lowest BCUT2D eigenvalue weighted by Crippen LogP contribution is -2.29. The first kappa shape index (κ1) is 50.0. The number of rotatable bonds is 11. The highest BCUT2D eigenvalue weighted by atomic mass is 16.5. The molecule has 2 aliphatic heterocycles. The van der Waals surface area contributed by atoms with Crippen LogP contribution in [-0.2, 0) is 63.2 Å². The van der Waals surface area contributed by atoms with Gasteiger partial charge < -0.3 is 34.6 Å². The summed E-state index contributed by atoms with van der Waals surface area (Å²) in [7, 11) is 1.40. The van der Waals surface area contributed by atoms with Crippen molar-refractivity contribution < 1.29 is 44.0 Å². The predicted octanol–water partition coefficient (Wildman–Crippen LogP) is 7.78. The van der Waals surface area contributed by atoms with Gasteiger partial charge in [-0.05, 0) is 80.7 Å². The summed E-state index contributed by atoms with van der Waals surface area (Å²) in [5.41, 5.74) is 5.06. The zero-order chi connectivity index (χ0) is 44.2. The van der Waals surface area contributed by atoms with Crippen molar-refractivity contribution in [2.45, 2.75) is 156 Å². The summed E-state index contributed by atoms with van der Waals surface area (Å²) in [4.78, 5) is 49.3. The molecule has 4 rings (SSSR count). The number of carbonyl (C=O) groups is 4. The zero-order valence-corrected chi connectivity index (χ0v) is 37.9. The molecule has 11 heteroatoms. The molecule has 0 spiro atoms. The maximum absolute atomic E-state index is 12.1. The Balaban J connectivity index is 0.000000338. The largest absolute Gasteiger partial charge is 0.507 e. The van der Waals surface area contributed by atoms with Crippen LogP contribution in [0.3, 0.4) is 0 Å². The molecular formula is C47H74N2O9. The Bertz CT molecular complexity index is 1630. The Labute approximate surface area is 348 Å². The Hall–Kier alpha value is -4.12. The van der Waals surface area contributed by atoms with E-state index in [2.05, 4.69) is 83.1 Å². The quantitative estimate of drug-likeness (QED) is 0.193. The number of likely N-dealkylation sites (tertiary alicyclic amines) is 2. The van der Waals surface area contributed by atoms with E-state index in [1.54, 1.807) is 9.80 Å². The van der Waals surface area contributed by atoms with E-state index >= 15 is 0 Å². The fourth-order valence-electron chi connectivity index (χ4n) is 6.90. The van der Waals surface area contributed by atoms with E-state index < -0.39 is 0 Å². The summed E-state index contributed by atoms with van der Waals surface area (Å²) < 4.78 is 10.0. The van der Waals surface area contributed by atoms with E-state index in [9.17, 15) is 29.4 Å². The SMILES string of the molecule is CC(C)(C)c1cc(CCC(=O)OCCN2CCCC2=O)cc(C(C)(C)C)c1O.COC(=O)CCc1cc(C(C)(C)C)c(O)c(C(C)(C)C)c1.O=C1CCCN1CCO. The number of methoxy groups -OCH3 is 1. The van der Waals surface area contributed by atoms with Gasteiger partial charge in [0, 0.05) is 45.3 Å². The number of β-amino-alcohol motifs (C(OH)–C–C–N with tert-alkyl or cyclic N) is 1. The van der Waals surface area contributed by atoms with Crippen LogP contribution >= 0.6 is 0 Å². The van der Waals surface area contributed by atoms with E-state index in [1.807, 2.05) is 24.3 Å². The number of esters is 2. The van der Waals surface area contributed by atoms with Gasteiger partial charge in [-0.1, -0.05) is 107 Å². The molecule has 2 aromatic rings. The molecule has 2 aromatic carbocycles. The summed E-state index contributed by atoms with van der Waals surface area (Å²) in [6, 6.07) is 8.02. The number of ether oxygens (including phenoxy) is 2. The average Bonchev–Trinajstić information content (AvgIpc) is 3.72. The maximum Gasteiger partial charge on any atom is 0.306 e. The van der Waals surface area contributed by atoms with Crippen LogP contribution in [0.5, 0.6) is 11.5 Å². The fraction of sp³-hybridized carbons (Fsp3) is 0.660. The van der Waals surface area contributed by atoms with Crippen LogP contribution in [0, 0.1) is 0 Å². The number of aryl methyl sites for hydroxylation is 2. The van der Waals surface area contributed by atoms with Gasteiger partial charge in [-0.15, -0.1) is 0 Å². The van der Waals surface area contributed by atoms with Crippen molar-refractivity contribution in [3.8, 4) is 11.5 Å². The Kier molecular flexibility index (Phi) is 18.3. The molecule has 0 atom stereocenters. The number of nitrogens with zero attached hydrogens (tertiary/aromatic N) is 2. The summed E-state index contributed by atoms with van der Waals surface area (Å²) in [5, 5.41) is 29.8. The first-order valence-corrected chi connectivity index (χ1v) is 20.8. The fourth-order valence-corrected chi connectivity index (χ4v) is 6.90. The second kappa shape index (κ2) is 21.2. The molecule has 3 N–H and O–H groups in total. The van der Waals surface area contributed by atoms with Gasteiger partial charge >= 0.3 is 11.9 Å². The minimum absolute atomic E-state index is 0.0890. The van der Waals surface area contributed by atoms with Gasteiger partial charge in [0.15, 0.2) is 0 Å². The highest BCUT2D eigenvalue weighted by Gasteiger charge is 2.28. The van der Waals surface area contributed by atoms with Crippen LogP contribution < -0.4 is 0 Å². The summed E-state index contributed by atoms with van der Waals surface area (Å²) >= 11 is 0. The Morgan fingerprint density at radius 3 is 1.24 bits per heavy atom. The first-order valence-electron chi connectivity index (χ1n) is 20.8. The number of phenolic OH excluding ortho intramolecular Hbond substituents is 2. The van der Waals surface area contributed by atoms with Gasteiger partial charge in [-0.25, -0.2) is 0 Å². The topological polar surface area (TPSA) is 154 Å².